The average molecular weight is 492 g/mol. The zero-order valence-corrected chi connectivity index (χ0v) is 20.4. The first-order valence-electron chi connectivity index (χ1n) is 11.1. The summed E-state index contributed by atoms with van der Waals surface area (Å²) >= 11 is 0. The van der Waals surface area contributed by atoms with Gasteiger partial charge in [-0.25, -0.2) is 13.8 Å². The number of nitrogens with one attached hydrogen (secondary N) is 1. The third-order valence-corrected chi connectivity index (χ3v) is 6.98. The second-order valence-electron chi connectivity index (χ2n) is 7.85. The van der Waals surface area contributed by atoms with Gasteiger partial charge in [-0.3, -0.25) is 4.79 Å². The van der Waals surface area contributed by atoms with E-state index in [-0.39, 0.29) is 18.0 Å². The number of carbonyl (C=O) groups is 1. The van der Waals surface area contributed by atoms with Crippen molar-refractivity contribution in [2.45, 2.75) is 18.2 Å². The number of hydrazone groups is 1. The van der Waals surface area contributed by atoms with Crippen LogP contribution in [0.1, 0.15) is 16.7 Å². The summed E-state index contributed by atoms with van der Waals surface area (Å²) in [5.41, 5.74) is 5.11. The molecule has 0 saturated carbocycles. The zero-order chi connectivity index (χ0) is 25.1. The van der Waals surface area contributed by atoms with Gasteiger partial charge in [-0.1, -0.05) is 60.7 Å². The summed E-state index contributed by atoms with van der Waals surface area (Å²) in [5, 5.41) is 3.97. The highest BCUT2D eigenvalue weighted by Gasteiger charge is 2.26. The number of amides is 1. The fourth-order valence-electron chi connectivity index (χ4n) is 3.22. The van der Waals surface area contributed by atoms with Crippen LogP contribution in [0.5, 0.6) is 5.75 Å². The lowest BCUT2D eigenvalue weighted by atomic mass is 10.1. The van der Waals surface area contributed by atoms with Crippen molar-refractivity contribution in [1.82, 2.24) is 9.73 Å². The number of hydrogen-bond donors (Lipinski definition) is 1. The SMILES string of the molecule is C=CCOc1ccc(/C=N\NC(=O)CN(CCc2ccccc2)S(=O)(=O)c2ccc(C)cc2)cc1. The number of aryl methyl sites for hydroxylation is 1. The molecule has 0 aliphatic rings. The highest BCUT2D eigenvalue weighted by atomic mass is 32.2. The molecule has 0 radical (unpaired) electrons. The molecular weight excluding hydrogens is 462 g/mol. The first-order chi connectivity index (χ1) is 16.9. The van der Waals surface area contributed by atoms with E-state index in [9.17, 15) is 13.2 Å². The number of rotatable bonds is 12. The minimum absolute atomic E-state index is 0.145. The summed E-state index contributed by atoms with van der Waals surface area (Å²) in [6.45, 7) is 5.71. The van der Waals surface area contributed by atoms with Crippen molar-refractivity contribution in [2.75, 3.05) is 19.7 Å². The van der Waals surface area contributed by atoms with Crippen molar-refractivity contribution < 1.29 is 17.9 Å². The monoisotopic (exact) mass is 491 g/mol. The molecule has 3 aromatic rings. The van der Waals surface area contributed by atoms with Crippen LogP contribution in [0.2, 0.25) is 0 Å². The molecule has 0 fully saturated rings. The molecular formula is C27H29N3O4S. The maximum Gasteiger partial charge on any atom is 0.255 e. The molecule has 1 amide bonds. The van der Waals surface area contributed by atoms with E-state index in [1.165, 1.54) is 10.5 Å². The van der Waals surface area contributed by atoms with Crippen LogP contribution in [0.25, 0.3) is 0 Å². The van der Waals surface area contributed by atoms with Gasteiger partial charge in [0.2, 0.25) is 10.0 Å². The maximum absolute atomic E-state index is 13.3. The first-order valence-corrected chi connectivity index (χ1v) is 12.6. The van der Waals surface area contributed by atoms with Gasteiger partial charge in [0.15, 0.2) is 0 Å². The highest BCUT2D eigenvalue weighted by molar-refractivity contribution is 7.89. The lowest BCUT2D eigenvalue weighted by molar-refractivity contribution is -0.121. The number of sulfonamides is 1. The Kier molecular flexibility index (Phi) is 9.34. The van der Waals surface area contributed by atoms with Gasteiger partial charge in [-0.2, -0.15) is 9.41 Å². The van der Waals surface area contributed by atoms with Crippen molar-refractivity contribution in [3.8, 4) is 5.75 Å². The fourth-order valence-corrected chi connectivity index (χ4v) is 4.62. The molecule has 0 atom stereocenters. The molecule has 3 rings (SSSR count). The second kappa shape index (κ2) is 12.6. The Morgan fingerprint density at radius 2 is 1.71 bits per heavy atom. The normalized spacial score (nSPS) is 11.5. The molecule has 3 aromatic carbocycles. The van der Waals surface area contributed by atoms with Crippen LogP contribution in [0.15, 0.2) is 102 Å². The van der Waals surface area contributed by atoms with Crippen LogP contribution in [0, 0.1) is 6.92 Å². The Balaban J connectivity index is 1.67. The van der Waals surface area contributed by atoms with Crippen molar-refractivity contribution in [1.29, 1.82) is 0 Å². The second-order valence-corrected chi connectivity index (χ2v) is 9.79. The van der Waals surface area contributed by atoms with Crippen molar-refractivity contribution in [3.05, 3.63) is 108 Å². The Hall–Kier alpha value is -3.75. The summed E-state index contributed by atoms with van der Waals surface area (Å²) in [7, 11) is -3.87. The van der Waals surface area contributed by atoms with E-state index < -0.39 is 15.9 Å². The van der Waals surface area contributed by atoms with Crippen LogP contribution in [0.4, 0.5) is 0 Å². The van der Waals surface area contributed by atoms with Crippen LogP contribution in [-0.2, 0) is 21.2 Å². The molecule has 0 saturated heterocycles. The van der Waals surface area contributed by atoms with Gasteiger partial charge in [0, 0.05) is 6.54 Å². The van der Waals surface area contributed by atoms with Gasteiger partial charge in [0.25, 0.3) is 5.91 Å². The number of hydrogen-bond acceptors (Lipinski definition) is 5. The molecule has 0 bridgehead atoms. The highest BCUT2D eigenvalue weighted by Crippen LogP contribution is 2.17. The van der Waals surface area contributed by atoms with Gasteiger partial charge in [0.1, 0.15) is 12.4 Å². The topological polar surface area (TPSA) is 88.1 Å². The third-order valence-electron chi connectivity index (χ3n) is 5.12. The van der Waals surface area contributed by atoms with Crippen molar-refractivity contribution >= 4 is 22.1 Å². The Bertz CT molecular complexity index is 1240. The summed E-state index contributed by atoms with van der Waals surface area (Å²) in [5.74, 6) is 0.164. The van der Waals surface area contributed by atoms with E-state index in [4.69, 9.17) is 4.74 Å². The molecule has 7 nitrogen and oxygen atoms in total. The third kappa shape index (κ3) is 7.91. The number of nitrogens with zero attached hydrogens (tertiary/aromatic N) is 2. The summed E-state index contributed by atoms with van der Waals surface area (Å²) in [4.78, 5) is 12.7. The molecule has 0 heterocycles. The van der Waals surface area contributed by atoms with E-state index in [1.807, 2.05) is 37.3 Å². The quantitative estimate of drug-likeness (QED) is 0.236. The summed E-state index contributed by atoms with van der Waals surface area (Å²) < 4.78 is 33.2. The fraction of sp³-hybridized carbons (Fsp3) is 0.185. The van der Waals surface area contributed by atoms with E-state index >= 15 is 0 Å². The predicted octanol–water partition coefficient (Wildman–Crippen LogP) is 3.94. The van der Waals surface area contributed by atoms with Crippen molar-refractivity contribution in [2.24, 2.45) is 5.10 Å². The average Bonchev–Trinajstić information content (AvgIpc) is 2.87. The Labute approximate surface area is 206 Å². The summed E-state index contributed by atoms with van der Waals surface area (Å²) in [6.07, 6.45) is 3.62. The molecule has 1 N–H and O–H groups in total. The molecule has 0 aromatic heterocycles. The smallest absolute Gasteiger partial charge is 0.255 e. The molecule has 0 spiro atoms. The minimum Gasteiger partial charge on any atom is -0.490 e. The lowest BCUT2D eigenvalue weighted by Gasteiger charge is -2.21. The number of benzene rings is 3. The van der Waals surface area contributed by atoms with Gasteiger partial charge in [-0.15, -0.1) is 0 Å². The predicted molar refractivity (Wildman–Crippen MR) is 138 cm³/mol. The molecule has 35 heavy (non-hydrogen) atoms. The van der Waals surface area contributed by atoms with E-state index in [1.54, 1.807) is 54.6 Å². The summed E-state index contributed by atoms with van der Waals surface area (Å²) in [6, 6.07) is 23.3. The van der Waals surface area contributed by atoms with Gasteiger partial charge in [-0.05, 0) is 60.9 Å². The largest absolute Gasteiger partial charge is 0.490 e. The zero-order valence-electron chi connectivity index (χ0n) is 19.6. The number of ether oxygens (including phenoxy) is 1. The van der Waals surface area contributed by atoms with Crippen LogP contribution >= 0.6 is 0 Å². The molecule has 0 unspecified atom stereocenters. The van der Waals surface area contributed by atoms with E-state index in [0.29, 0.717) is 18.8 Å². The van der Waals surface area contributed by atoms with Crippen LogP contribution < -0.4 is 10.2 Å². The van der Waals surface area contributed by atoms with E-state index in [0.717, 1.165) is 16.7 Å². The maximum atomic E-state index is 13.3. The van der Waals surface area contributed by atoms with Gasteiger partial charge < -0.3 is 4.74 Å². The van der Waals surface area contributed by atoms with Crippen LogP contribution in [0.3, 0.4) is 0 Å². The van der Waals surface area contributed by atoms with Crippen LogP contribution in [-0.4, -0.2) is 44.5 Å². The van der Waals surface area contributed by atoms with Gasteiger partial charge >= 0.3 is 0 Å². The standard InChI is InChI=1S/C27H29N3O4S/c1-3-19-34-25-13-11-24(12-14-25)20-28-29-27(31)21-30(18-17-23-7-5-4-6-8-23)35(32,33)26-15-9-22(2)10-16-26/h3-16,20H,1,17-19,21H2,2H3,(H,29,31)/b28-20-. The first kappa shape index (κ1) is 25.9. The molecule has 0 aliphatic heterocycles. The minimum atomic E-state index is -3.87. The Morgan fingerprint density at radius 1 is 1.03 bits per heavy atom. The van der Waals surface area contributed by atoms with E-state index in [2.05, 4.69) is 17.1 Å². The Morgan fingerprint density at radius 3 is 2.37 bits per heavy atom. The molecule has 8 heteroatoms. The number of carbonyl (C=O) groups excluding carboxylic acids is 1. The lowest BCUT2D eigenvalue weighted by Crippen LogP contribution is -2.40. The van der Waals surface area contributed by atoms with Gasteiger partial charge in [0.05, 0.1) is 17.7 Å². The molecule has 0 aliphatic carbocycles. The molecule has 182 valence electrons. The van der Waals surface area contributed by atoms with Crippen molar-refractivity contribution in [3.63, 3.8) is 0 Å².